The molecule has 0 aromatic rings. The van der Waals surface area contributed by atoms with Crippen LogP contribution in [-0.4, -0.2) is 96.1 Å². The first kappa shape index (κ1) is 84.1. The van der Waals surface area contributed by atoms with Gasteiger partial charge in [0.1, 0.15) is 5.78 Å². The topological polar surface area (TPSA) is 82.1 Å². The van der Waals surface area contributed by atoms with Crippen LogP contribution in [0.1, 0.15) is 231 Å². The standard InChI is InChI=1S/C27H48O2Si.2C26H44O2Si.CH3.BF3.BrH.Mg/c1-16-12-18-14-26(8,28)15-20(18)27(9)17(2)13-19-21(25(19,6)7)22(27)23(16)29-30(10,11)24(3,4)5;1-15-11-17-13-18(27)14-19(17)26(8)16(2)12-20-21(25(20,6)7)22(26)23(15)28-29(9,10)24(3,4)5;1-15-11-18-12-16(2)22(28-29(9,10)24(4,5)6)20-21-19(25(21,7)8)13-17(3)26(18,14-15)23(20)27;;2-1(3)4;;/h15-19,21-23,28H,12-14H2,1-11H3;14-17,20-23H,11-13H2,1-10H3;14,16-22H,11-13H2,1-10H3;1H3;;1H;/q;;;-1;;;+2/p-1/t16-,17-,18-,19-,21-,22-,23-,26?,27-;15-,16-,17-,20-,21-,22-,23-,26-;16-,17-,18+,19-,20-,21-,22-,26-;;;;/m111..../s1. The summed E-state index contributed by atoms with van der Waals surface area (Å²) in [6.07, 6.45) is 17.6. The van der Waals surface area contributed by atoms with Gasteiger partial charge >= 0.3 is 30.6 Å². The first-order chi connectivity index (χ1) is 41.4. The molecule has 0 heterocycles. The van der Waals surface area contributed by atoms with Crippen LogP contribution in [0.2, 0.25) is 54.4 Å². The molecule has 0 aliphatic heterocycles. The summed E-state index contributed by atoms with van der Waals surface area (Å²) in [7, 11) is -9.38. The Kier molecular flexibility index (Phi) is 23.8. The molecular weight excluding hydrogens is 1310 g/mol. The number of aliphatic hydroxyl groups is 1. The summed E-state index contributed by atoms with van der Waals surface area (Å²) in [6, 6.07) is 0. The minimum absolute atomic E-state index is 0. The third kappa shape index (κ3) is 14.2. The van der Waals surface area contributed by atoms with E-state index in [-0.39, 0.29) is 96.3 Å². The third-order valence-electron chi connectivity index (χ3n) is 31.5. The summed E-state index contributed by atoms with van der Waals surface area (Å²) < 4.78 is 50.9. The van der Waals surface area contributed by atoms with Crippen LogP contribution >= 0.6 is 0 Å². The molecule has 0 aromatic heterocycles. The molecule has 25 atom stereocenters. The zero-order chi connectivity index (χ0) is 69.7. The van der Waals surface area contributed by atoms with Gasteiger partial charge in [-0.2, -0.15) is 0 Å². The van der Waals surface area contributed by atoms with Gasteiger partial charge in [0, 0.05) is 12.3 Å². The van der Waals surface area contributed by atoms with Crippen molar-refractivity contribution >= 4 is 67.1 Å². The zero-order valence-corrected chi connectivity index (χ0v) is 72.5. The largest absolute Gasteiger partial charge is 2.00 e. The molecule has 540 valence electrons. The van der Waals surface area contributed by atoms with Gasteiger partial charge in [0.15, 0.2) is 30.7 Å². The van der Waals surface area contributed by atoms with Crippen LogP contribution in [0.5, 0.6) is 0 Å². The van der Waals surface area contributed by atoms with Crippen molar-refractivity contribution in [2.75, 3.05) is 0 Å². The zero-order valence-electron chi connectivity index (χ0n) is 66.5. The molecular formula is C80H139BBrF3MgO6Si3. The number of rotatable bonds is 6. The molecule has 12 rings (SSSR count). The normalized spacial score (nSPS) is 44.4. The molecule has 95 heavy (non-hydrogen) atoms. The Morgan fingerprint density at radius 2 is 0.874 bits per heavy atom. The van der Waals surface area contributed by atoms with Crippen molar-refractivity contribution in [1.82, 2.24) is 0 Å². The minimum atomic E-state index is -3.67. The van der Waals surface area contributed by atoms with E-state index in [0.717, 1.165) is 62.2 Å². The molecule has 1 N–H and O–H groups in total. The van der Waals surface area contributed by atoms with E-state index in [1.54, 1.807) is 5.57 Å². The van der Waals surface area contributed by atoms with E-state index >= 15 is 0 Å². The average molecular weight is 1450 g/mol. The van der Waals surface area contributed by atoms with Gasteiger partial charge in [0.2, 0.25) is 0 Å². The second-order valence-electron chi connectivity index (χ2n) is 41.3. The molecule has 2 bridgehead atoms. The first-order valence-corrected chi connectivity index (χ1v) is 46.0. The van der Waals surface area contributed by atoms with Crippen LogP contribution in [0, 0.1) is 146 Å². The number of Topliss-reactive ketones (excluding diaryl/α,β-unsaturated/α-hetero) is 1. The molecule has 15 heteroatoms. The molecule has 0 aromatic carbocycles. The predicted octanol–water partition coefficient (Wildman–Crippen LogP) is 18.7. The van der Waals surface area contributed by atoms with Crippen molar-refractivity contribution in [2.45, 2.75) is 309 Å². The number of hydrogen-bond donors (Lipinski definition) is 1. The third-order valence-corrected chi connectivity index (χ3v) is 45.0. The Bertz CT molecular complexity index is 2920. The monoisotopic (exact) mass is 1450 g/mol. The van der Waals surface area contributed by atoms with Gasteiger partial charge in [-0.05, 0) is 253 Å². The number of allylic oxidation sites excluding steroid dienone is 5. The quantitative estimate of drug-likeness (QED) is 0.162. The van der Waals surface area contributed by atoms with Crippen LogP contribution in [0.25, 0.3) is 0 Å². The van der Waals surface area contributed by atoms with Gasteiger partial charge in [0.25, 0.3) is 0 Å². The Morgan fingerprint density at radius 1 is 0.516 bits per heavy atom. The van der Waals surface area contributed by atoms with Crippen LogP contribution < -0.4 is 17.0 Å². The van der Waals surface area contributed by atoms with Crippen LogP contribution in [-0.2, 0) is 22.9 Å². The summed E-state index contributed by atoms with van der Waals surface area (Å²) >= 11 is 0. The summed E-state index contributed by atoms with van der Waals surface area (Å²) in [4.78, 5) is 27.0. The Balaban J connectivity index is 0.000000216. The maximum absolute atomic E-state index is 14.5. The van der Waals surface area contributed by atoms with E-state index < -0.39 is 38.1 Å². The van der Waals surface area contributed by atoms with E-state index in [1.807, 2.05) is 6.92 Å². The Labute approximate surface area is 611 Å². The fourth-order valence-corrected chi connectivity index (χ4v) is 27.0. The van der Waals surface area contributed by atoms with Crippen molar-refractivity contribution in [3.63, 3.8) is 0 Å². The van der Waals surface area contributed by atoms with Gasteiger partial charge < -0.3 is 42.8 Å². The molecule has 12 aliphatic rings. The molecule has 12 aliphatic carbocycles. The summed E-state index contributed by atoms with van der Waals surface area (Å²) in [6.45, 7) is 74.5. The van der Waals surface area contributed by atoms with Gasteiger partial charge in [-0.25, -0.2) is 0 Å². The number of ketones is 2. The molecule has 0 amide bonds. The predicted molar refractivity (Wildman–Crippen MR) is 396 cm³/mol. The van der Waals surface area contributed by atoms with E-state index in [9.17, 15) is 27.6 Å². The summed E-state index contributed by atoms with van der Waals surface area (Å²) in [5, 5.41) is 11.7. The van der Waals surface area contributed by atoms with Gasteiger partial charge in [-0.3, -0.25) is 22.5 Å². The van der Waals surface area contributed by atoms with Gasteiger partial charge in [-0.1, -0.05) is 188 Å². The molecule has 1 spiro atoms. The van der Waals surface area contributed by atoms with Crippen molar-refractivity contribution < 1.29 is 57.9 Å². The number of hydrogen-bond acceptors (Lipinski definition) is 6. The SMILES string of the molecule is CC1=C[C@]23C(=O)[C@@H]([C@H](O[Si](C)(C)C(C)(C)C)[C@H](C)C[C@@H]2C1)[C@H]1[C@@H](C[C@H]3C)C1(C)C.C[C@@H]1C[C@@H]2CC(=O)C=C2[C@]2(C)[C@@H]([C@@H]1O[Si](C)(C)C(C)(C)C)[C@H]1[C@@H](C[C@H]2C)C1(C)C.C[C@@H]1C[C@@H]2CC(C)(O)C=C2[C@]2(C)[C@@H]([C@@H]1O[Si](C)(C)C(C)(C)C)[C@H]1[C@@H](C[C@H]2C)C1(C)C.FB(F)F.[Br-].[CH3-].[Mg+2]. The molecule has 6 nitrogen and oxygen atoms in total. The number of carbonyl (C=O) groups is 2. The van der Waals surface area contributed by atoms with E-state index in [0.29, 0.717) is 112 Å². The summed E-state index contributed by atoms with van der Waals surface area (Å²) in [5.74, 6) is 11.1. The fourth-order valence-electron chi connectivity index (χ4n) is 22.8. The molecule has 9 fully saturated rings. The van der Waals surface area contributed by atoms with Gasteiger partial charge in [-0.15, -0.1) is 0 Å². The van der Waals surface area contributed by atoms with Crippen molar-refractivity contribution in [3.05, 3.63) is 42.4 Å². The number of halogens is 4. The second kappa shape index (κ2) is 26.9. The van der Waals surface area contributed by atoms with Crippen molar-refractivity contribution in [3.8, 4) is 0 Å². The number of fused-ring (bicyclic) bond motifs is 13. The first-order valence-electron chi connectivity index (χ1n) is 37.3. The molecule has 0 saturated heterocycles. The van der Waals surface area contributed by atoms with Crippen molar-refractivity contribution in [1.29, 1.82) is 0 Å². The Morgan fingerprint density at radius 3 is 1.29 bits per heavy atom. The van der Waals surface area contributed by atoms with Crippen LogP contribution in [0.4, 0.5) is 12.9 Å². The number of carbonyl (C=O) groups excluding carboxylic acids is 2. The second-order valence-corrected chi connectivity index (χ2v) is 55.6. The molecule has 1 unspecified atom stereocenters. The molecule has 0 radical (unpaired) electrons. The van der Waals surface area contributed by atoms with E-state index in [1.165, 1.54) is 30.4 Å². The van der Waals surface area contributed by atoms with E-state index in [4.69, 9.17) is 13.3 Å². The summed E-state index contributed by atoms with van der Waals surface area (Å²) in [5.41, 5.74) is 5.01. The van der Waals surface area contributed by atoms with Crippen molar-refractivity contribution in [2.24, 2.45) is 139 Å². The van der Waals surface area contributed by atoms with E-state index in [2.05, 4.69) is 224 Å². The Hall–Kier alpha value is 0.152. The fraction of sp³-hybridized carbons (Fsp3) is 0.887. The maximum Gasteiger partial charge on any atom is 2.00 e. The maximum atomic E-state index is 14.5. The smallest absolute Gasteiger partial charge is 1.00 e. The minimum Gasteiger partial charge on any atom is -1.00 e. The van der Waals surface area contributed by atoms with Crippen LogP contribution in [0.15, 0.2) is 34.9 Å². The van der Waals surface area contributed by atoms with Gasteiger partial charge in [0.05, 0.1) is 29.3 Å². The van der Waals surface area contributed by atoms with Crippen LogP contribution in [0.3, 0.4) is 0 Å². The average Bonchev–Trinajstić information content (AvgIpc) is 1.53. The molecule has 9 saturated carbocycles.